The van der Waals surface area contributed by atoms with E-state index in [1.54, 1.807) is 0 Å². The van der Waals surface area contributed by atoms with Gasteiger partial charge in [0.25, 0.3) is 0 Å². The molecule has 1 rings (SSSR count). The summed E-state index contributed by atoms with van der Waals surface area (Å²) < 4.78 is 0. The van der Waals surface area contributed by atoms with Crippen molar-refractivity contribution >= 4 is 27.4 Å². The molecule has 0 fully saturated rings. The minimum absolute atomic E-state index is 1.09. The first-order valence-corrected chi connectivity index (χ1v) is 18.0. The van der Waals surface area contributed by atoms with Crippen LogP contribution in [0.15, 0.2) is 40.9 Å². The van der Waals surface area contributed by atoms with Gasteiger partial charge in [-0.15, -0.1) is 0 Å². The first kappa shape index (κ1) is 19.5. The van der Waals surface area contributed by atoms with Crippen LogP contribution in [0.1, 0.15) is 31.9 Å². The van der Waals surface area contributed by atoms with E-state index in [0.717, 1.165) is 6.42 Å². The van der Waals surface area contributed by atoms with Crippen LogP contribution in [0.2, 0.25) is 35.4 Å². The Kier molecular flexibility index (Phi) is 7.92. The maximum absolute atomic E-state index is 2.64. The van der Waals surface area contributed by atoms with Crippen molar-refractivity contribution in [2.45, 2.75) is 62.6 Å². The van der Waals surface area contributed by atoms with Crippen molar-refractivity contribution in [2.75, 3.05) is 0 Å². The van der Waals surface area contributed by atoms with Gasteiger partial charge in [-0.05, 0) is 0 Å². The van der Waals surface area contributed by atoms with Crippen LogP contribution in [-0.2, 0) is 6.42 Å². The summed E-state index contributed by atoms with van der Waals surface area (Å²) in [4.78, 5) is 2.64. The summed E-state index contributed by atoms with van der Waals surface area (Å²) >= 11 is -1.63. The molecule has 0 unspecified atom stereocenters. The zero-order valence-electron chi connectivity index (χ0n) is 15.4. The Morgan fingerprint density at radius 3 is 1.91 bits per heavy atom. The monoisotopic (exact) mass is 376 g/mol. The third-order valence-electron chi connectivity index (χ3n) is 4.69. The van der Waals surface area contributed by atoms with Gasteiger partial charge in [0.05, 0.1) is 0 Å². The van der Waals surface area contributed by atoms with Gasteiger partial charge in [0.1, 0.15) is 0 Å². The third kappa shape index (κ3) is 6.70. The van der Waals surface area contributed by atoms with Crippen molar-refractivity contribution in [1.29, 1.82) is 0 Å². The van der Waals surface area contributed by atoms with Crippen LogP contribution < -0.4 is 0 Å². The fourth-order valence-corrected chi connectivity index (χ4v) is 9.28. The predicted octanol–water partition coefficient (Wildman–Crippen LogP) is 6.72. The van der Waals surface area contributed by atoms with Crippen molar-refractivity contribution < 1.29 is 0 Å². The van der Waals surface area contributed by atoms with E-state index in [1.165, 1.54) is 26.9 Å². The first-order chi connectivity index (χ1) is 10.3. The normalized spacial score (nSPS) is 13.4. The molecule has 0 heterocycles. The molecule has 0 spiro atoms. The Labute approximate surface area is 142 Å². The van der Waals surface area contributed by atoms with Crippen molar-refractivity contribution in [2.24, 2.45) is 0 Å². The van der Waals surface area contributed by atoms with Crippen molar-refractivity contribution in [3.05, 3.63) is 52.1 Å². The number of hydrogen-bond acceptors (Lipinski definition) is 0. The van der Waals surface area contributed by atoms with E-state index in [1.807, 2.05) is 0 Å². The average molecular weight is 375 g/mol. The van der Waals surface area contributed by atoms with Crippen molar-refractivity contribution in [3.63, 3.8) is 0 Å². The van der Waals surface area contributed by atoms with Gasteiger partial charge in [0.2, 0.25) is 0 Å². The van der Waals surface area contributed by atoms with E-state index in [-0.39, 0.29) is 0 Å². The summed E-state index contributed by atoms with van der Waals surface area (Å²) in [5.41, 5.74) is 5.17. The third-order valence-corrected chi connectivity index (χ3v) is 16.7. The van der Waals surface area contributed by atoms with E-state index < -0.39 is 21.3 Å². The van der Waals surface area contributed by atoms with Crippen molar-refractivity contribution in [1.82, 2.24) is 0 Å². The molecule has 0 aliphatic rings. The van der Waals surface area contributed by atoms with Crippen LogP contribution in [0.4, 0.5) is 0 Å². The molecular formula is C20H34GeSi. The van der Waals surface area contributed by atoms with Crippen LogP contribution in [0.5, 0.6) is 0 Å². The molecule has 0 N–H and O–H groups in total. The van der Waals surface area contributed by atoms with Gasteiger partial charge in [-0.1, -0.05) is 0 Å². The molecule has 0 nitrogen and oxygen atoms in total. The van der Waals surface area contributed by atoms with Crippen LogP contribution in [0.3, 0.4) is 0 Å². The molecule has 22 heavy (non-hydrogen) atoms. The fourth-order valence-electron chi connectivity index (χ4n) is 2.66. The van der Waals surface area contributed by atoms with Crippen molar-refractivity contribution in [3.8, 4) is 0 Å². The molecule has 0 radical (unpaired) electrons. The molecule has 0 saturated carbocycles. The Hall–Kier alpha value is -0.540. The minimum atomic E-state index is -1.63. The molecule has 0 aromatic heterocycles. The number of benzene rings is 1. The Morgan fingerprint density at radius 1 is 0.909 bits per heavy atom. The van der Waals surface area contributed by atoms with Gasteiger partial charge >= 0.3 is 142 Å². The van der Waals surface area contributed by atoms with Gasteiger partial charge in [-0.25, -0.2) is 0 Å². The SMILES string of the molecule is C[CH2][Ge](/[CH]=C/Cc1ccc(/C=C/[Si](C)(C)C)cc1)([CH2]C)[CH2]C. The summed E-state index contributed by atoms with van der Waals surface area (Å²) in [5, 5.41) is 4.26. The summed E-state index contributed by atoms with van der Waals surface area (Å²) in [6.07, 6.45) is 5.83. The van der Waals surface area contributed by atoms with Gasteiger partial charge in [0, 0.05) is 0 Å². The number of hydrogen-bond donors (Lipinski definition) is 0. The van der Waals surface area contributed by atoms with Gasteiger partial charge in [-0.3, -0.25) is 0 Å². The summed E-state index contributed by atoms with van der Waals surface area (Å²) in [5.74, 6) is 0. The van der Waals surface area contributed by atoms with Gasteiger partial charge in [0.15, 0.2) is 0 Å². The Morgan fingerprint density at radius 2 is 1.45 bits per heavy atom. The quantitative estimate of drug-likeness (QED) is 0.442. The van der Waals surface area contributed by atoms with Crippen LogP contribution in [0.25, 0.3) is 6.08 Å². The maximum atomic E-state index is 2.64. The molecule has 1 aromatic rings. The first-order valence-electron chi connectivity index (χ1n) is 8.80. The zero-order chi connectivity index (χ0) is 16.6. The molecule has 0 aliphatic carbocycles. The molecule has 122 valence electrons. The second-order valence-corrected chi connectivity index (χ2v) is 23.4. The second kappa shape index (κ2) is 8.93. The standard InChI is InChI=1S/C20H34GeSi/c1-7-21(8-2,9-3)17-10-11-19-12-14-20(15-13-19)16-18-22(4,5)6/h10,12-18H,7-9,11H2,1-6H3/b17-10+,18-16+. The van der Waals surface area contributed by atoms with E-state index in [9.17, 15) is 0 Å². The fraction of sp³-hybridized carbons (Fsp3) is 0.500. The molecular weight excluding hydrogens is 341 g/mol. The Bertz CT molecular complexity index is 479. The molecule has 1 aromatic carbocycles. The van der Waals surface area contributed by atoms with Gasteiger partial charge < -0.3 is 0 Å². The summed E-state index contributed by atoms with van der Waals surface area (Å²) in [7, 11) is -1.09. The van der Waals surface area contributed by atoms with Crippen LogP contribution in [-0.4, -0.2) is 21.3 Å². The van der Waals surface area contributed by atoms with E-state index in [2.05, 4.69) is 87.4 Å². The van der Waals surface area contributed by atoms with Crippen LogP contribution >= 0.6 is 0 Å². The van der Waals surface area contributed by atoms with E-state index in [0.29, 0.717) is 0 Å². The molecule has 0 saturated heterocycles. The zero-order valence-corrected chi connectivity index (χ0v) is 18.5. The van der Waals surface area contributed by atoms with E-state index >= 15 is 0 Å². The molecule has 0 atom stereocenters. The molecule has 2 heteroatoms. The predicted molar refractivity (Wildman–Crippen MR) is 109 cm³/mol. The molecule has 0 amide bonds. The van der Waals surface area contributed by atoms with Gasteiger partial charge in [-0.2, -0.15) is 0 Å². The second-order valence-electron chi connectivity index (χ2n) is 7.47. The topological polar surface area (TPSA) is 0 Å². The molecule has 0 aliphatic heterocycles. The summed E-state index contributed by atoms with van der Waals surface area (Å²) in [6, 6.07) is 9.08. The summed E-state index contributed by atoms with van der Waals surface area (Å²) in [6.45, 7) is 14.3. The number of rotatable bonds is 8. The Balaban J connectivity index is 2.67. The average Bonchev–Trinajstić information content (AvgIpc) is 2.50. The molecule has 0 bridgehead atoms. The number of allylic oxidation sites excluding steroid dienone is 1. The van der Waals surface area contributed by atoms with Crippen LogP contribution in [0, 0.1) is 0 Å². The van der Waals surface area contributed by atoms with E-state index in [4.69, 9.17) is 0 Å².